The Balaban J connectivity index is 1.56. The number of piperazine rings is 1. The molecule has 5 nitrogen and oxygen atoms in total. The lowest BCUT2D eigenvalue weighted by Crippen LogP contribution is -2.51. The summed E-state index contributed by atoms with van der Waals surface area (Å²) in [7, 11) is 0. The number of hydrogen-bond donors (Lipinski definition) is 0. The average Bonchev–Trinajstić information content (AvgIpc) is 2.73. The number of halogens is 5. The Morgan fingerprint density at radius 3 is 2.30 bits per heavy atom. The molecular formula is C20H17ClF4N2O3. The van der Waals surface area contributed by atoms with Gasteiger partial charge in [-0.25, -0.2) is 4.39 Å². The van der Waals surface area contributed by atoms with Crippen LogP contribution >= 0.6 is 11.6 Å². The largest absolute Gasteiger partial charge is 0.483 e. The molecule has 2 amide bonds. The first-order chi connectivity index (χ1) is 14.2. The first-order valence-corrected chi connectivity index (χ1v) is 9.35. The fourth-order valence-corrected chi connectivity index (χ4v) is 3.22. The first-order valence-electron chi connectivity index (χ1n) is 8.98. The van der Waals surface area contributed by atoms with Gasteiger partial charge < -0.3 is 14.5 Å². The second-order valence-electron chi connectivity index (χ2n) is 6.58. The van der Waals surface area contributed by atoms with Crippen LogP contribution in [0.15, 0.2) is 42.5 Å². The van der Waals surface area contributed by atoms with Crippen LogP contribution in [0.4, 0.5) is 17.6 Å². The van der Waals surface area contributed by atoms with Crippen molar-refractivity contribution in [2.75, 3.05) is 32.8 Å². The maximum atomic E-state index is 13.9. The van der Waals surface area contributed by atoms with Crippen LogP contribution in [0.2, 0.25) is 5.02 Å². The molecule has 0 spiro atoms. The van der Waals surface area contributed by atoms with E-state index in [0.29, 0.717) is 0 Å². The van der Waals surface area contributed by atoms with E-state index in [0.717, 1.165) is 18.2 Å². The number of carbonyl (C=O) groups excluding carboxylic acids is 2. The third-order valence-electron chi connectivity index (χ3n) is 4.62. The Morgan fingerprint density at radius 1 is 1.00 bits per heavy atom. The molecule has 0 N–H and O–H groups in total. The molecule has 0 aromatic heterocycles. The average molecular weight is 445 g/mol. The zero-order valence-corrected chi connectivity index (χ0v) is 16.3. The molecule has 3 rings (SSSR count). The van der Waals surface area contributed by atoms with Gasteiger partial charge in [0.25, 0.3) is 11.8 Å². The Kier molecular flexibility index (Phi) is 6.50. The van der Waals surface area contributed by atoms with Crippen LogP contribution in [0, 0.1) is 5.82 Å². The third-order valence-corrected chi connectivity index (χ3v) is 4.86. The molecule has 1 aliphatic rings. The molecule has 10 heteroatoms. The molecule has 0 aliphatic carbocycles. The SMILES string of the molecule is O=C(COc1ccccc1C(F)(F)F)N1CCN(C(=O)c2cc(Cl)ccc2F)CC1. The summed E-state index contributed by atoms with van der Waals surface area (Å²) >= 11 is 5.81. The van der Waals surface area contributed by atoms with Gasteiger partial charge in [0, 0.05) is 31.2 Å². The molecule has 1 saturated heterocycles. The summed E-state index contributed by atoms with van der Waals surface area (Å²) in [4.78, 5) is 27.6. The minimum absolute atomic E-state index is 0.148. The maximum absolute atomic E-state index is 13.9. The van der Waals surface area contributed by atoms with Crippen LogP contribution < -0.4 is 4.74 Å². The molecule has 1 heterocycles. The van der Waals surface area contributed by atoms with E-state index < -0.39 is 41.7 Å². The van der Waals surface area contributed by atoms with Crippen molar-refractivity contribution in [2.45, 2.75) is 6.18 Å². The predicted molar refractivity (Wildman–Crippen MR) is 101 cm³/mol. The van der Waals surface area contributed by atoms with Gasteiger partial charge in [0.1, 0.15) is 11.6 Å². The Morgan fingerprint density at radius 2 is 1.63 bits per heavy atom. The van der Waals surface area contributed by atoms with Crippen LogP contribution in [-0.2, 0) is 11.0 Å². The minimum Gasteiger partial charge on any atom is -0.483 e. The van der Waals surface area contributed by atoms with Crippen LogP contribution in [0.25, 0.3) is 0 Å². The highest BCUT2D eigenvalue weighted by atomic mass is 35.5. The van der Waals surface area contributed by atoms with Crippen LogP contribution in [-0.4, -0.2) is 54.4 Å². The molecule has 0 unspecified atom stereocenters. The summed E-state index contributed by atoms with van der Waals surface area (Å²) in [6.45, 7) is 0.0311. The van der Waals surface area contributed by atoms with E-state index in [4.69, 9.17) is 16.3 Å². The molecule has 1 aliphatic heterocycles. The van der Waals surface area contributed by atoms with Crippen molar-refractivity contribution in [2.24, 2.45) is 0 Å². The highest BCUT2D eigenvalue weighted by Crippen LogP contribution is 2.35. The van der Waals surface area contributed by atoms with Crippen molar-refractivity contribution in [1.82, 2.24) is 9.80 Å². The number of para-hydroxylation sites is 1. The predicted octanol–water partition coefficient (Wildman–Crippen LogP) is 3.86. The molecule has 0 radical (unpaired) electrons. The number of nitrogens with zero attached hydrogens (tertiary/aromatic N) is 2. The third kappa shape index (κ3) is 5.02. The smallest absolute Gasteiger partial charge is 0.419 e. The maximum Gasteiger partial charge on any atom is 0.419 e. The quantitative estimate of drug-likeness (QED) is 0.673. The number of alkyl halides is 3. The van der Waals surface area contributed by atoms with Crippen molar-refractivity contribution in [3.8, 4) is 5.75 Å². The van der Waals surface area contributed by atoms with E-state index in [1.165, 1.54) is 34.1 Å². The fraction of sp³-hybridized carbons (Fsp3) is 0.300. The van der Waals surface area contributed by atoms with Gasteiger partial charge in [-0.3, -0.25) is 9.59 Å². The van der Waals surface area contributed by atoms with E-state index in [2.05, 4.69) is 0 Å². The van der Waals surface area contributed by atoms with Crippen LogP contribution in [0.5, 0.6) is 5.75 Å². The fourth-order valence-electron chi connectivity index (χ4n) is 3.05. The molecule has 2 aromatic rings. The molecule has 0 saturated carbocycles. The van der Waals surface area contributed by atoms with Crippen LogP contribution in [0.3, 0.4) is 0 Å². The lowest BCUT2D eigenvalue weighted by Gasteiger charge is -2.34. The van der Waals surface area contributed by atoms with Crippen molar-refractivity contribution in [3.05, 3.63) is 64.4 Å². The number of carbonyl (C=O) groups is 2. The van der Waals surface area contributed by atoms with Crippen molar-refractivity contribution >= 4 is 23.4 Å². The van der Waals surface area contributed by atoms with E-state index >= 15 is 0 Å². The second-order valence-corrected chi connectivity index (χ2v) is 7.02. The van der Waals surface area contributed by atoms with E-state index in [9.17, 15) is 27.2 Å². The van der Waals surface area contributed by atoms with E-state index in [1.807, 2.05) is 0 Å². The molecule has 160 valence electrons. The Labute approximate surface area is 174 Å². The van der Waals surface area contributed by atoms with Crippen LogP contribution in [0.1, 0.15) is 15.9 Å². The lowest BCUT2D eigenvalue weighted by atomic mass is 10.1. The minimum atomic E-state index is -4.60. The zero-order chi connectivity index (χ0) is 21.9. The summed E-state index contributed by atoms with van der Waals surface area (Å²) in [5.74, 6) is -2.17. The summed E-state index contributed by atoms with van der Waals surface area (Å²) in [5, 5.41) is 0.227. The molecule has 2 aromatic carbocycles. The molecule has 0 bridgehead atoms. The summed E-state index contributed by atoms with van der Waals surface area (Å²) in [5.41, 5.74) is -1.12. The summed E-state index contributed by atoms with van der Waals surface area (Å²) < 4.78 is 58.0. The van der Waals surface area contributed by atoms with Gasteiger partial charge in [-0.05, 0) is 30.3 Å². The highest BCUT2D eigenvalue weighted by Gasteiger charge is 2.34. The second kappa shape index (κ2) is 8.91. The summed E-state index contributed by atoms with van der Waals surface area (Å²) in [6.07, 6.45) is -4.60. The molecule has 0 atom stereocenters. The molecule has 30 heavy (non-hydrogen) atoms. The van der Waals surface area contributed by atoms with Gasteiger partial charge in [0.2, 0.25) is 0 Å². The Hall–Kier alpha value is -2.81. The number of hydrogen-bond acceptors (Lipinski definition) is 3. The summed E-state index contributed by atoms with van der Waals surface area (Å²) in [6, 6.07) is 8.31. The standard InChI is InChI=1S/C20H17ClF4N2O3/c21-13-5-6-16(22)14(11-13)19(29)27-9-7-26(8-10-27)18(28)12-30-17-4-2-1-3-15(17)20(23,24)25/h1-6,11H,7-10,12H2. The lowest BCUT2D eigenvalue weighted by molar-refractivity contribution is -0.141. The first kappa shape index (κ1) is 21.9. The topological polar surface area (TPSA) is 49.9 Å². The van der Waals surface area contributed by atoms with Gasteiger partial charge in [0.05, 0.1) is 11.1 Å². The van der Waals surface area contributed by atoms with Crippen molar-refractivity contribution in [3.63, 3.8) is 0 Å². The molecular weight excluding hydrogens is 428 g/mol. The van der Waals surface area contributed by atoms with Gasteiger partial charge in [-0.1, -0.05) is 23.7 Å². The van der Waals surface area contributed by atoms with Crippen molar-refractivity contribution in [1.29, 1.82) is 0 Å². The van der Waals surface area contributed by atoms with Gasteiger partial charge in [-0.15, -0.1) is 0 Å². The monoisotopic (exact) mass is 444 g/mol. The van der Waals surface area contributed by atoms with Gasteiger partial charge in [0.15, 0.2) is 6.61 Å². The number of rotatable bonds is 4. The number of benzene rings is 2. The highest BCUT2D eigenvalue weighted by molar-refractivity contribution is 6.31. The number of amides is 2. The van der Waals surface area contributed by atoms with Crippen molar-refractivity contribution < 1.29 is 31.9 Å². The van der Waals surface area contributed by atoms with E-state index in [1.54, 1.807) is 0 Å². The van der Waals surface area contributed by atoms with Gasteiger partial charge >= 0.3 is 6.18 Å². The van der Waals surface area contributed by atoms with Gasteiger partial charge in [-0.2, -0.15) is 13.2 Å². The van der Waals surface area contributed by atoms with E-state index in [-0.39, 0.29) is 36.8 Å². The molecule has 1 fully saturated rings. The zero-order valence-electron chi connectivity index (χ0n) is 15.6. The Bertz CT molecular complexity index is 944. The normalized spacial score (nSPS) is 14.6. The number of ether oxygens (including phenoxy) is 1.